The van der Waals surface area contributed by atoms with Crippen molar-refractivity contribution >= 4 is 34.1 Å². The monoisotopic (exact) mass is 459 g/mol. The topological polar surface area (TPSA) is 72.8 Å². The molecular formula is C26H26ClN5O. The molecule has 1 aliphatic rings. The Morgan fingerprint density at radius 1 is 1.00 bits per heavy atom. The molecule has 7 heteroatoms. The van der Waals surface area contributed by atoms with Gasteiger partial charge in [-0.3, -0.25) is 4.98 Å². The quantitative estimate of drug-likeness (QED) is 0.332. The highest BCUT2D eigenvalue weighted by atomic mass is 35.5. The SMILES string of the molecule is CCOCc1nc(Nc2ccc(C3CCCC3)cc2)c2ccc(-c3ncccc3Cl)nc2n1. The minimum absolute atomic E-state index is 0.317. The summed E-state index contributed by atoms with van der Waals surface area (Å²) in [5.74, 6) is 1.97. The van der Waals surface area contributed by atoms with Gasteiger partial charge in [0.15, 0.2) is 11.5 Å². The maximum atomic E-state index is 6.34. The van der Waals surface area contributed by atoms with Crippen LogP contribution < -0.4 is 5.32 Å². The van der Waals surface area contributed by atoms with E-state index in [0.717, 1.165) is 11.1 Å². The first-order valence-corrected chi connectivity index (χ1v) is 11.8. The van der Waals surface area contributed by atoms with E-state index in [0.29, 0.717) is 52.8 Å². The first kappa shape index (κ1) is 21.7. The van der Waals surface area contributed by atoms with Gasteiger partial charge in [-0.2, -0.15) is 0 Å². The van der Waals surface area contributed by atoms with Crippen LogP contribution in [0, 0.1) is 0 Å². The zero-order valence-electron chi connectivity index (χ0n) is 18.6. The van der Waals surface area contributed by atoms with Gasteiger partial charge in [0.05, 0.1) is 16.1 Å². The van der Waals surface area contributed by atoms with Crippen LogP contribution in [-0.2, 0) is 11.3 Å². The molecule has 0 unspecified atom stereocenters. The van der Waals surface area contributed by atoms with Gasteiger partial charge in [-0.15, -0.1) is 0 Å². The summed E-state index contributed by atoms with van der Waals surface area (Å²) in [6, 6.07) is 16.2. The number of aromatic nitrogens is 4. The minimum atomic E-state index is 0.317. The third-order valence-electron chi connectivity index (χ3n) is 6.04. The summed E-state index contributed by atoms with van der Waals surface area (Å²) < 4.78 is 5.57. The molecule has 1 saturated carbocycles. The third kappa shape index (κ3) is 4.82. The Morgan fingerprint density at radius 2 is 1.82 bits per heavy atom. The summed E-state index contributed by atoms with van der Waals surface area (Å²) in [5, 5.41) is 4.84. The first-order valence-electron chi connectivity index (χ1n) is 11.4. The highest BCUT2D eigenvalue weighted by Gasteiger charge is 2.17. The van der Waals surface area contributed by atoms with Crippen molar-refractivity contribution in [3.8, 4) is 11.4 Å². The molecule has 1 aromatic carbocycles. The van der Waals surface area contributed by atoms with Crippen molar-refractivity contribution in [3.63, 3.8) is 0 Å². The van der Waals surface area contributed by atoms with Crippen LogP contribution in [0.3, 0.4) is 0 Å². The van der Waals surface area contributed by atoms with Crippen molar-refractivity contribution < 1.29 is 4.74 Å². The van der Waals surface area contributed by atoms with Gasteiger partial charge in [-0.1, -0.05) is 36.6 Å². The molecule has 6 nitrogen and oxygen atoms in total. The fourth-order valence-corrected chi connectivity index (χ4v) is 4.57. The molecule has 0 aliphatic heterocycles. The number of pyridine rings is 2. The maximum Gasteiger partial charge on any atom is 0.165 e. The van der Waals surface area contributed by atoms with Crippen molar-refractivity contribution in [2.24, 2.45) is 0 Å². The van der Waals surface area contributed by atoms with Gasteiger partial charge in [0, 0.05) is 18.5 Å². The Kier molecular flexibility index (Phi) is 6.46. The molecule has 4 aromatic rings. The predicted molar refractivity (Wildman–Crippen MR) is 132 cm³/mol. The van der Waals surface area contributed by atoms with Gasteiger partial charge in [0.2, 0.25) is 0 Å². The Hall–Kier alpha value is -3.09. The van der Waals surface area contributed by atoms with Crippen LogP contribution in [0.25, 0.3) is 22.4 Å². The molecule has 3 aromatic heterocycles. The van der Waals surface area contributed by atoms with Crippen molar-refractivity contribution in [1.82, 2.24) is 19.9 Å². The Morgan fingerprint density at radius 3 is 2.58 bits per heavy atom. The number of hydrogen-bond acceptors (Lipinski definition) is 6. The molecule has 1 N–H and O–H groups in total. The zero-order chi connectivity index (χ0) is 22.6. The Labute approximate surface area is 198 Å². The van der Waals surface area contributed by atoms with Crippen molar-refractivity contribution in [2.75, 3.05) is 11.9 Å². The van der Waals surface area contributed by atoms with Gasteiger partial charge in [0.25, 0.3) is 0 Å². The average Bonchev–Trinajstić information content (AvgIpc) is 3.38. The van der Waals surface area contributed by atoms with Crippen LogP contribution in [0.1, 0.15) is 49.9 Å². The van der Waals surface area contributed by atoms with E-state index in [1.54, 1.807) is 18.3 Å². The Bertz CT molecular complexity index is 1260. The number of hydrogen-bond donors (Lipinski definition) is 1. The number of fused-ring (bicyclic) bond motifs is 1. The van der Waals surface area contributed by atoms with Crippen molar-refractivity contribution in [3.05, 3.63) is 71.1 Å². The molecule has 0 radical (unpaired) electrons. The minimum Gasteiger partial charge on any atom is -0.374 e. The Balaban J connectivity index is 1.50. The molecule has 5 rings (SSSR count). The summed E-state index contributed by atoms with van der Waals surface area (Å²) in [5.41, 5.74) is 4.27. The third-order valence-corrected chi connectivity index (χ3v) is 6.35. The van der Waals surface area contributed by atoms with Gasteiger partial charge >= 0.3 is 0 Å². The number of nitrogens with zero attached hydrogens (tertiary/aromatic N) is 4. The lowest BCUT2D eigenvalue weighted by molar-refractivity contribution is 0.128. The molecular weight excluding hydrogens is 434 g/mol. The molecule has 168 valence electrons. The molecule has 0 bridgehead atoms. The second kappa shape index (κ2) is 9.81. The van der Waals surface area contributed by atoms with Crippen LogP contribution in [0.2, 0.25) is 5.02 Å². The summed E-state index contributed by atoms with van der Waals surface area (Å²) in [6.45, 7) is 2.85. The van der Waals surface area contributed by atoms with E-state index in [-0.39, 0.29) is 0 Å². The standard InChI is InChI=1S/C26H26ClN5O/c1-2-33-16-23-31-25(29-19-11-9-18(10-12-19)17-6-3-4-7-17)20-13-14-22(30-26(20)32-23)24-21(27)8-5-15-28-24/h5,8-15,17H,2-4,6-7,16H2,1H3,(H,29,30,31,32). The number of nitrogens with one attached hydrogen (secondary N) is 1. The zero-order valence-corrected chi connectivity index (χ0v) is 19.3. The molecule has 33 heavy (non-hydrogen) atoms. The first-order chi connectivity index (χ1) is 16.2. The van der Waals surface area contributed by atoms with Gasteiger partial charge in [0.1, 0.15) is 18.1 Å². The van der Waals surface area contributed by atoms with E-state index in [2.05, 4.69) is 39.6 Å². The fourth-order valence-electron chi connectivity index (χ4n) is 4.35. The molecule has 0 atom stereocenters. The lowest BCUT2D eigenvalue weighted by Crippen LogP contribution is -2.05. The normalized spacial score (nSPS) is 14.1. The number of halogens is 1. The lowest BCUT2D eigenvalue weighted by atomic mass is 9.98. The van der Waals surface area contributed by atoms with Gasteiger partial charge in [-0.05, 0) is 67.6 Å². The van der Waals surface area contributed by atoms with E-state index in [1.165, 1.54) is 31.2 Å². The summed E-state index contributed by atoms with van der Waals surface area (Å²) in [6.07, 6.45) is 6.95. The van der Waals surface area contributed by atoms with Crippen LogP contribution in [0.4, 0.5) is 11.5 Å². The van der Waals surface area contributed by atoms with Crippen LogP contribution in [-0.4, -0.2) is 26.5 Å². The van der Waals surface area contributed by atoms with E-state index in [4.69, 9.17) is 26.3 Å². The molecule has 3 heterocycles. The fraction of sp³-hybridized carbons (Fsp3) is 0.308. The number of rotatable bonds is 7. The maximum absolute atomic E-state index is 6.34. The van der Waals surface area contributed by atoms with Crippen LogP contribution in [0.5, 0.6) is 0 Å². The van der Waals surface area contributed by atoms with Crippen molar-refractivity contribution in [1.29, 1.82) is 0 Å². The largest absolute Gasteiger partial charge is 0.374 e. The van der Waals surface area contributed by atoms with E-state index in [1.807, 2.05) is 19.1 Å². The number of anilines is 2. The molecule has 0 amide bonds. The molecule has 0 spiro atoms. The number of benzene rings is 1. The second-order valence-corrected chi connectivity index (χ2v) is 8.66. The lowest BCUT2D eigenvalue weighted by Gasteiger charge is -2.13. The summed E-state index contributed by atoms with van der Waals surface area (Å²) in [4.78, 5) is 18.5. The summed E-state index contributed by atoms with van der Waals surface area (Å²) in [7, 11) is 0. The average molecular weight is 460 g/mol. The second-order valence-electron chi connectivity index (χ2n) is 8.26. The van der Waals surface area contributed by atoms with E-state index < -0.39 is 0 Å². The van der Waals surface area contributed by atoms with Crippen molar-refractivity contribution in [2.45, 2.75) is 45.1 Å². The molecule has 0 saturated heterocycles. The highest BCUT2D eigenvalue weighted by molar-refractivity contribution is 6.32. The highest BCUT2D eigenvalue weighted by Crippen LogP contribution is 2.35. The molecule has 1 aliphatic carbocycles. The van der Waals surface area contributed by atoms with E-state index in [9.17, 15) is 0 Å². The van der Waals surface area contributed by atoms with Crippen LogP contribution >= 0.6 is 11.6 Å². The van der Waals surface area contributed by atoms with E-state index >= 15 is 0 Å². The number of ether oxygens (including phenoxy) is 1. The van der Waals surface area contributed by atoms with Crippen LogP contribution in [0.15, 0.2) is 54.7 Å². The molecule has 1 fully saturated rings. The smallest absolute Gasteiger partial charge is 0.165 e. The van der Waals surface area contributed by atoms with Gasteiger partial charge < -0.3 is 10.1 Å². The van der Waals surface area contributed by atoms with Gasteiger partial charge in [-0.25, -0.2) is 15.0 Å². The summed E-state index contributed by atoms with van der Waals surface area (Å²) >= 11 is 6.34. The predicted octanol–water partition coefficient (Wildman–Crippen LogP) is 6.68.